The summed E-state index contributed by atoms with van der Waals surface area (Å²) in [7, 11) is 0. The summed E-state index contributed by atoms with van der Waals surface area (Å²) in [6.07, 6.45) is 7.91. The molecule has 0 aromatic carbocycles. The van der Waals surface area contributed by atoms with Gasteiger partial charge < -0.3 is 13.9 Å². The van der Waals surface area contributed by atoms with Crippen LogP contribution in [0.1, 0.15) is 84.6 Å². The third-order valence-electron chi connectivity index (χ3n) is 5.25. The Morgan fingerprint density at radius 2 is 1.92 bits per heavy atom. The molecule has 4 rings (SSSR count). The van der Waals surface area contributed by atoms with Crippen molar-refractivity contribution in [1.82, 2.24) is 15.2 Å². The van der Waals surface area contributed by atoms with Gasteiger partial charge in [-0.1, -0.05) is 29.6 Å². The number of amides is 1. The number of carbonyl (C=O) groups excluding carboxylic acids is 1. The number of aromatic nitrogens is 2. The van der Waals surface area contributed by atoms with Gasteiger partial charge in [-0.25, -0.2) is 0 Å². The lowest BCUT2D eigenvalue weighted by Crippen LogP contribution is -2.30. The van der Waals surface area contributed by atoms with Crippen LogP contribution in [0, 0.1) is 6.92 Å². The third-order valence-corrected chi connectivity index (χ3v) is 5.25. The molecule has 0 unspecified atom stereocenters. The highest BCUT2D eigenvalue weighted by atomic mass is 16.5. The Morgan fingerprint density at radius 3 is 2.67 bits per heavy atom. The molecule has 0 radical (unpaired) electrons. The van der Waals surface area contributed by atoms with E-state index in [9.17, 15) is 4.79 Å². The first-order valence-electron chi connectivity index (χ1n) is 8.93. The normalized spacial score (nSPS) is 22.2. The van der Waals surface area contributed by atoms with Gasteiger partial charge in [-0.05, 0) is 32.6 Å². The fourth-order valence-electron chi connectivity index (χ4n) is 3.97. The molecule has 0 N–H and O–H groups in total. The second-order valence-corrected chi connectivity index (χ2v) is 6.98. The molecule has 2 aromatic rings. The Kier molecular flexibility index (Phi) is 4.12. The molecule has 1 saturated heterocycles. The highest BCUT2D eigenvalue weighted by Gasteiger charge is 2.35. The number of carbonyl (C=O) groups is 1. The number of aryl methyl sites for hydroxylation is 1. The van der Waals surface area contributed by atoms with E-state index in [1.807, 2.05) is 24.0 Å². The van der Waals surface area contributed by atoms with Crippen LogP contribution in [0.15, 0.2) is 21.2 Å². The number of rotatable bonds is 3. The van der Waals surface area contributed by atoms with Crippen LogP contribution in [-0.2, 0) is 0 Å². The van der Waals surface area contributed by atoms with E-state index >= 15 is 0 Å². The van der Waals surface area contributed by atoms with E-state index in [-0.39, 0.29) is 11.9 Å². The van der Waals surface area contributed by atoms with Crippen molar-refractivity contribution in [2.45, 2.75) is 63.8 Å². The van der Waals surface area contributed by atoms with E-state index in [0.717, 1.165) is 42.8 Å². The smallest absolute Gasteiger partial charge is 0.293 e. The Bertz CT molecular complexity index is 715. The Balaban J connectivity index is 1.51. The Labute approximate surface area is 141 Å². The molecule has 0 spiro atoms. The molecule has 1 saturated carbocycles. The number of hydrogen-bond acceptors (Lipinski definition) is 5. The quantitative estimate of drug-likeness (QED) is 0.851. The van der Waals surface area contributed by atoms with Gasteiger partial charge in [0.2, 0.25) is 5.76 Å². The first kappa shape index (κ1) is 15.4. The average Bonchev–Trinajstić information content (AvgIpc) is 3.35. The van der Waals surface area contributed by atoms with E-state index in [0.29, 0.717) is 18.2 Å². The van der Waals surface area contributed by atoms with Crippen molar-refractivity contribution < 1.29 is 13.8 Å². The minimum atomic E-state index is -0.0962. The van der Waals surface area contributed by atoms with Crippen LogP contribution in [0.25, 0.3) is 0 Å². The lowest BCUT2D eigenvalue weighted by Gasteiger charge is -2.21. The lowest BCUT2D eigenvalue weighted by molar-refractivity contribution is 0.0672. The van der Waals surface area contributed by atoms with Gasteiger partial charge in [-0.3, -0.25) is 4.79 Å². The molecule has 3 heterocycles. The summed E-state index contributed by atoms with van der Waals surface area (Å²) in [5.41, 5.74) is 1.77. The molecule has 1 atom stereocenters. The van der Waals surface area contributed by atoms with Crippen molar-refractivity contribution in [2.24, 2.45) is 0 Å². The third kappa shape index (κ3) is 2.85. The molecule has 1 aliphatic heterocycles. The largest absolute Gasteiger partial charge is 0.359 e. The van der Waals surface area contributed by atoms with Gasteiger partial charge in [0.05, 0.1) is 17.4 Å². The standard InChI is InChI=1S/C18H23N3O3/c1-12-10-16(23-19-12)15-8-5-9-21(15)18(22)17-11-14(20-24-17)13-6-3-2-4-7-13/h10-11,13,15H,2-9H2,1H3/t15-/m0/s1. The van der Waals surface area contributed by atoms with E-state index in [4.69, 9.17) is 9.05 Å². The molecule has 24 heavy (non-hydrogen) atoms. The van der Waals surface area contributed by atoms with Crippen molar-refractivity contribution in [3.05, 3.63) is 35.0 Å². The zero-order chi connectivity index (χ0) is 16.5. The Morgan fingerprint density at radius 1 is 1.08 bits per heavy atom. The number of hydrogen-bond donors (Lipinski definition) is 0. The predicted molar refractivity (Wildman–Crippen MR) is 86.6 cm³/mol. The van der Waals surface area contributed by atoms with Gasteiger partial charge in [0, 0.05) is 24.6 Å². The van der Waals surface area contributed by atoms with Crippen molar-refractivity contribution in [3.63, 3.8) is 0 Å². The number of nitrogens with zero attached hydrogens (tertiary/aromatic N) is 3. The van der Waals surface area contributed by atoms with Gasteiger partial charge in [-0.15, -0.1) is 0 Å². The second kappa shape index (κ2) is 6.42. The van der Waals surface area contributed by atoms with Crippen LogP contribution < -0.4 is 0 Å². The molecule has 2 aromatic heterocycles. The molecule has 128 valence electrons. The van der Waals surface area contributed by atoms with Gasteiger partial charge in [0.25, 0.3) is 5.91 Å². The Hall–Kier alpha value is -2.11. The first-order valence-corrected chi connectivity index (χ1v) is 8.93. The fourth-order valence-corrected chi connectivity index (χ4v) is 3.97. The summed E-state index contributed by atoms with van der Waals surface area (Å²) in [5.74, 6) is 1.44. The SMILES string of the molecule is Cc1cc([C@@H]2CCCN2C(=O)c2cc(C3CCCCC3)no2)on1. The molecular weight excluding hydrogens is 306 g/mol. The van der Waals surface area contributed by atoms with Crippen molar-refractivity contribution >= 4 is 5.91 Å². The van der Waals surface area contributed by atoms with Gasteiger partial charge in [-0.2, -0.15) is 0 Å². The van der Waals surface area contributed by atoms with Crippen molar-refractivity contribution in [1.29, 1.82) is 0 Å². The zero-order valence-corrected chi connectivity index (χ0v) is 14.0. The molecule has 2 aliphatic rings. The maximum absolute atomic E-state index is 12.9. The van der Waals surface area contributed by atoms with E-state index in [1.54, 1.807) is 0 Å². The predicted octanol–water partition coefficient (Wildman–Crippen LogP) is 4.00. The van der Waals surface area contributed by atoms with Gasteiger partial charge in [0.1, 0.15) is 0 Å². The lowest BCUT2D eigenvalue weighted by atomic mass is 9.87. The molecule has 6 heteroatoms. The fraction of sp³-hybridized carbons (Fsp3) is 0.611. The summed E-state index contributed by atoms with van der Waals surface area (Å²) in [4.78, 5) is 14.7. The zero-order valence-electron chi connectivity index (χ0n) is 14.0. The van der Waals surface area contributed by atoms with Crippen molar-refractivity contribution in [2.75, 3.05) is 6.54 Å². The first-order chi connectivity index (χ1) is 11.7. The topological polar surface area (TPSA) is 72.4 Å². The highest BCUT2D eigenvalue weighted by Crippen LogP contribution is 2.35. The van der Waals surface area contributed by atoms with Gasteiger partial charge >= 0.3 is 0 Å². The minimum absolute atomic E-state index is 0.0538. The molecule has 2 fully saturated rings. The monoisotopic (exact) mass is 329 g/mol. The second-order valence-electron chi connectivity index (χ2n) is 6.98. The summed E-state index contributed by atoms with van der Waals surface area (Å²) in [6.45, 7) is 2.60. The maximum Gasteiger partial charge on any atom is 0.293 e. The van der Waals surface area contributed by atoms with Crippen LogP contribution in [-0.4, -0.2) is 27.7 Å². The molecule has 0 bridgehead atoms. The maximum atomic E-state index is 12.9. The van der Waals surface area contributed by atoms with E-state index in [2.05, 4.69) is 10.3 Å². The van der Waals surface area contributed by atoms with E-state index < -0.39 is 0 Å². The van der Waals surface area contributed by atoms with Crippen LogP contribution in [0.5, 0.6) is 0 Å². The van der Waals surface area contributed by atoms with Gasteiger partial charge in [0.15, 0.2) is 5.76 Å². The minimum Gasteiger partial charge on any atom is -0.359 e. The summed E-state index contributed by atoms with van der Waals surface area (Å²) >= 11 is 0. The summed E-state index contributed by atoms with van der Waals surface area (Å²) < 4.78 is 10.8. The van der Waals surface area contributed by atoms with Crippen LogP contribution in [0.4, 0.5) is 0 Å². The van der Waals surface area contributed by atoms with Crippen LogP contribution in [0.3, 0.4) is 0 Å². The average molecular weight is 329 g/mol. The van der Waals surface area contributed by atoms with Crippen LogP contribution >= 0.6 is 0 Å². The molecular formula is C18H23N3O3. The molecule has 1 aliphatic carbocycles. The van der Waals surface area contributed by atoms with E-state index in [1.165, 1.54) is 19.3 Å². The molecule has 6 nitrogen and oxygen atoms in total. The summed E-state index contributed by atoms with van der Waals surface area (Å²) in [5, 5.41) is 8.12. The molecule has 1 amide bonds. The number of likely N-dealkylation sites (tertiary alicyclic amines) is 1. The highest BCUT2D eigenvalue weighted by molar-refractivity contribution is 5.92. The van der Waals surface area contributed by atoms with Crippen molar-refractivity contribution in [3.8, 4) is 0 Å². The van der Waals surface area contributed by atoms with Crippen LogP contribution in [0.2, 0.25) is 0 Å². The summed E-state index contributed by atoms with van der Waals surface area (Å²) in [6, 6.07) is 3.70.